The van der Waals surface area contributed by atoms with E-state index in [1.807, 2.05) is 17.0 Å². The fourth-order valence-corrected chi connectivity index (χ4v) is 4.32. The van der Waals surface area contributed by atoms with E-state index in [1.165, 1.54) is 4.90 Å². The lowest BCUT2D eigenvalue weighted by Gasteiger charge is -2.24. The molecule has 1 fully saturated rings. The number of hydrogen-bond donors (Lipinski definition) is 1. The Morgan fingerprint density at radius 2 is 1.76 bits per heavy atom. The maximum Gasteiger partial charge on any atom is 0.256 e. The summed E-state index contributed by atoms with van der Waals surface area (Å²) in [7, 11) is 1.58. The summed E-state index contributed by atoms with van der Waals surface area (Å²) in [5.74, 6) is 0.167. The van der Waals surface area contributed by atoms with Gasteiger partial charge >= 0.3 is 0 Å². The van der Waals surface area contributed by atoms with Gasteiger partial charge in [0.15, 0.2) is 5.11 Å². The number of nitrogens with zero attached hydrogens (tertiary/aromatic N) is 3. The lowest BCUT2D eigenvalue weighted by Crippen LogP contribution is -2.39. The fourth-order valence-electron chi connectivity index (χ4n) is 3.78. The Bertz CT molecular complexity index is 1170. The van der Waals surface area contributed by atoms with Crippen LogP contribution in [-0.4, -0.2) is 46.5 Å². The maximum atomic E-state index is 13.5. The molecule has 1 atom stereocenters. The van der Waals surface area contributed by atoms with E-state index in [9.17, 15) is 9.59 Å². The average Bonchev–Trinajstić information content (AvgIpc) is 3.08. The number of carbonyl (C=O) groups is 2. The van der Waals surface area contributed by atoms with Crippen molar-refractivity contribution in [2.24, 2.45) is 0 Å². The van der Waals surface area contributed by atoms with Gasteiger partial charge in [0.05, 0.1) is 19.2 Å². The fraction of sp³-hybridized carbons (Fsp3) is 0.200. The molecule has 0 bridgehead atoms. The van der Waals surface area contributed by atoms with Crippen LogP contribution in [0.15, 0.2) is 73.1 Å². The summed E-state index contributed by atoms with van der Waals surface area (Å²) in [5, 5.41) is 3.78. The second kappa shape index (κ2) is 10.6. The molecule has 2 heterocycles. The first-order valence-electron chi connectivity index (χ1n) is 10.7. The number of amides is 2. The van der Waals surface area contributed by atoms with Crippen molar-refractivity contribution in [1.82, 2.24) is 9.88 Å². The van der Waals surface area contributed by atoms with Crippen LogP contribution in [0, 0.1) is 0 Å². The van der Waals surface area contributed by atoms with Gasteiger partial charge in [-0.1, -0.05) is 11.6 Å². The largest absolute Gasteiger partial charge is 0.497 e. The quantitative estimate of drug-likeness (QED) is 0.470. The van der Waals surface area contributed by atoms with Crippen molar-refractivity contribution in [3.05, 3.63) is 83.6 Å². The van der Waals surface area contributed by atoms with Gasteiger partial charge in [0.25, 0.3) is 5.91 Å². The molecular formula is C25H23ClN4O3S. The van der Waals surface area contributed by atoms with Crippen molar-refractivity contribution in [1.29, 1.82) is 0 Å². The Hall–Kier alpha value is -3.49. The van der Waals surface area contributed by atoms with E-state index in [0.29, 0.717) is 40.2 Å². The number of nitrogens with one attached hydrogen (secondary N) is 1. The molecule has 0 saturated carbocycles. The zero-order chi connectivity index (χ0) is 24.1. The normalized spacial score (nSPS) is 15.5. The van der Waals surface area contributed by atoms with Crippen molar-refractivity contribution in [3.63, 3.8) is 0 Å². The highest BCUT2D eigenvalue weighted by atomic mass is 35.5. The molecule has 0 radical (unpaired) electrons. The maximum absolute atomic E-state index is 13.5. The number of pyridine rings is 1. The van der Waals surface area contributed by atoms with Gasteiger partial charge in [-0.15, -0.1) is 0 Å². The number of hydrogen-bond acceptors (Lipinski definition) is 5. The number of ether oxygens (including phenoxy) is 1. The Kier molecular flexibility index (Phi) is 7.40. The molecule has 7 nitrogen and oxygen atoms in total. The van der Waals surface area contributed by atoms with Crippen LogP contribution in [0.1, 0.15) is 12.0 Å². The Morgan fingerprint density at radius 3 is 2.41 bits per heavy atom. The smallest absolute Gasteiger partial charge is 0.256 e. The van der Waals surface area contributed by atoms with Crippen LogP contribution in [0.4, 0.5) is 11.4 Å². The van der Waals surface area contributed by atoms with E-state index >= 15 is 0 Å². The summed E-state index contributed by atoms with van der Waals surface area (Å²) in [6.07, 6.45) is 4.07. The van der Waals surface area contributed by atoms with Crippen molar-refractivity contribution in [2.45, 2.75) is 18.9 Å². The molecule has 34 heavy (non-hydrogen) atoms. The number of aromatic nitrogens is 1. The molecule has 1 aliphatic heterocycles. The van der Waals surface area contributed by atoms with E-state index in [0.717, 1.165) is 5.56 Å². The molecule has 4 rings (SSSR count). The first-order chi connectivity index (χ1) is 16.5. The van der Waals surface area contributed by atoms with Gasteiger partial charge in [0.1, 0.15) is 11.8 Å². The van der Waals surface area contributed by atoms with Gasteiger partial charge in [-0.2, -0.15) is 0 Å². The second-order valence-corrected chi connectivity index (χ2v) is 8.53. The number of methoxy groups -OCH3 is 1. The van der Waals surface area contributed by atoms with E-state index < -0.39 is 6.04 Å². The number of benzene rings is 2. The third kappa shape index (κ3) is 5.35. The molecule has 1 aromatic heterocycles. The number of rotatable bonds is 8. The van der Waals surface area contributed by atoms with Crippen LogP contribution < -0.4 is 15.0 Å². The van der Waals surface area contributed by atoms with Crippen molar-refractivity contribution in [3.8, 4) is 5.75 Å². The molecule has 0 aliphatic carbocycles. The number of carbonyl (C=O) groups excluding carboxylic acids is 2. The monoisotopic (exact) mass is 494 g/mol. The Labute approximate surface area is 208 Å². The topological polar surface area (TPSA) is 74.8 Å². The summed E-state index contributed by atoms with van der Waals surface area (Å²) in [6.45, 7) is 0.485. The van der Waals surface area contributed by atoms with E-state index in [1.54, 1.807) is 68.0 Å². The van der Waals surface area contributed by atoms with Crippen LogP contribution in [0.3, 0.4) is 0 Å². The molecule has 1 aliphatic rings. The minimum absolute atomic E-state index is 0.0363. The summed E-state index contributed by atoms with van der Waals surface area (Å²) in [4.78, 5) is 33.7. The predicted molar refractivity (Wildman–Crippen MR) is 136 cm³/mol. The minimum Gasteiger partial charge on any atom is -0.497 e. The molecule has 1 saturated heterocycles. The molecular weight excluding hydrogens is 472 g/mol. The zero-order valence-corrected chi connectivity index (χ0v) is 20.1. The minimum atomic E-state index is -0.719. The molecule has 2 amide bonds. The predicted octanol–water partition coefficient (Wildman–Crippen LogP) is 4.32. The lowest BCUT2D eigenvalue weighted by atomic mass is 10.1. The van der Waals surface area contributed by atoms with E-state index in [-0.39, 0.29) is 18.2 Å². The van der Waals surface area contributed by atoms with Gasteiger partial charge in [0, 0.05) is 29.6 Å². The van der Waals surface area contributed by atoms with Crippen LogP contribution in [0.2, 0.25) is 5.02 Å². The lowest BCUT2D eigenvalue weighted by molar-refractivity contribution is -0.124. The standard InChI is InChI=1S/C25H23ClN4O3S/c1-33-21-8-4-19(5-9-21)28-23(31)16-22-24(32)30(20-6-2-18(26)3-7-20)25(34)29(22)15-12-17-10-13-27-14-11-17/h2-11,13-14,22H,12,15-16H2,1H3,(H,28,31)/t22-/m0/s1. The summed E-state index contributed by atoms with van der Waals surface area (Å²) in [6, 6.07) is 17.0. The van der Waals surface area contributed by atoms with Crippen LogP contribution >= 0.6 is 23.8 Å². The number of halogens is 1. The highest BCUT2D eigenvalue weighted by molar-refractivity contribution is 7.80. The Morgan fingerprint density at radius 1 is 1.09 bits per heavy atom. The highest BCUT2D eigenvalue weighted by Gasteiger charge is 2.43. The average molecular weight is 495 g/mol. The van der Waals surface area contributed by atoms with Crippen LogP contribution in [0.5, 0.6) is 5.75 Å². The molecule has 1 N–H and O–H groups in total. The molecule has 9 heteroatoms. The van der Waals surface area contributed by atoms with Crippen molar-refractivity contribution >= 4 is 52.1 Å². The van der Waals surface area contributed by atoms with Gasteiger partial charge in [-0.25, -0.2) is 0 Å². The first kappa shape index (κ1) is 23.7. The van der Waals surface area contributed by atoms with Crippen LogP contribution in [0.25, 0.3) is 0 Å². The second-order valence-electron chi connectivity index (χ2n) is 7.73. The van der Waals surface area contributed by atoms with E-state index in [2.05, 4.69) is 10.3 Å². The van der Waals surface area contributed by atoms with Gasteiger partial charge in [-0.05, 0) is 84.9 Å². The van der Waals surface area contributed by atoms with Crippen molar-refractivity contribution < 1.29 is 14.3 Å². The first-order valence-corrected chi connectivity index (χ1v) is 11.5. The summed E-state index contributed by atoms with van der Waals surface area (Å²) in [5.41, 5.74) is 2.31. The molecule has 0 unspecified atom stereocenters. The van der Waals surface area contributed by atoms with Crippen molar-refractivity contribution in [2.75, 3.05) is 23.9 Å². The summed E-state index contributed by atoms with van der Waals surface area (Å²) >= 11 is 11.7. The van der Waals surface area contributed by atoms with Crippen LogP contribution in [-0.2, 0) is 16.0 Å². The SMILES string of the molecule is COc1ccc(NC(=O)C[C@H]2C(=O)N(c3ccc(Cl)cc3)C(=S)N2CCc2ccncc2)cc1. The van der Waals surface area contributed by atoms with Gasteiger partial charge in [0.2, 0.25) is 5.91 Å². The molecule has 2 aromatic carbocycles. The highest BCUT2D eigenvalue weighted by Crippen LogP contribution is 2.29. The third-order valence-corrected chi connectivity index (χ3v) is 6.22. The van der Waals surface area contributed by atoms with E-state index in [4.69, 9.17) is 28.6 Å². The van der Waals surface area contributed by atoms with Gasteiger partial charge < -0.3 is 15.0 Å². The summed E-state index contributed by atoms with van der Waals surface area (Å²) < 4.78 is 5.15. The Balaban J connectivity index is 1.53. The molecule has 0 spiro atoms. The zero-order valence-electron chi connectivity index (χ0n) is 18.5. The van der Waals surface area contributed by atoms with Gasteiger partial charge in [-0.3, -0.25) is 19.5 Å². The number of anilines is 2. The molecule has 174 valence electrons. The number of thiocarbonyl (C=S) groups is 1. The molecule has 3 aromatic rings. The third-order valence-electron chi connectivity index (χ3n) is 5.55.